The molecule has 23 heavy (non-hydrogen) atoms. The minimum Gasteiger partial charge on any atom is -0.352 e. The predicted molar refractivity (Wildman–Crippen MR) is 85.2 cm³/mol. The molecule has 0 heterocycles. The number of nitro groups is 1. The summed E-state index contributed by atoms with van der Waals surface area (Å²) in [5, 5.41) is 13.4. The van der Waals surface area contributed by atoms with Crippen molar-refractivity contribution in [2.45, 2.75) is 12.8 Å². The van der Waals surface area contributed by atoms with Crippen LogP contribution < -0.4 is 5.32 Å². The molecule has 5 nitrogen and oxygen atoms in total. The highest BCUT2D eigenvalue weighted by atomic mass is 35.5. The Morgan fingerprint density at radius 2 is 1.91 bits per heavy atom. The first-order chi connectivity index (χ1) is 11.0. The summed E-state index contributed by atoms with van der Waals surface area (Å²) >= 11 is 5.89. The van der Waals surface area contributed by atoms with Crippen molar-refractivity contribution in [1.82, 2.24) is 5.32 Å². The molecule has 2 aromatic carbocycles. The average molecular weight is 337 g/mol. The average Bonchev–Trinajstić information content (AvgIpc) is 2.52. The van der Waals surface area contributed by atoms with Gasteiger partial charge in [-0.05, 0) is 36.6 Å². The normalized spacial score (nSPS) is 10.3. The zero-order valence-electron chi connectivity index (χ0n) is 12.1. The first-order valence-corrected chi connectivity index (χ1v) is 7.32. The Bertz CT molecular complexity index is 720. The van der Waals surface area contributed by atoms with Crippen LogP contribution in [0.3, 0.4) is 0 Å². The molecule has 0 spiro atoms. The van der Waals surface area contributed by atoms with Crippen LogP contribution in [0.4, 0.5) is 10.1 Å². The maximum Gasteiger partial charge on any atom is 0.270 e. The zero-order valence-corrected chi connectivity index (χ0v) is 12.8. The van der Waals surface area contributed by atoms with Crippen LogP contribution in [-0.2, 0) is 6.42 Å². The van der Waals surface area contributed by atoms with Crippen molar-refractivity contribution in [2.75, 3.05) is 6.54 Å². The Morgan fingerprint density at radius 3 is 2.52 bits per heavy atom. The Hall–Kier alpha value is -2.47. The molecule has 1 N–H and O–H groups in total. The van der Waals surface area contributed by atoms with E-state index in [2.05, 4.69) is 5.32 Å². The lowest BCUT2D eigenvalue weighted by Gasteiger charge is -2.07. The van der Waals surface area contributed by atoms with Crippen molar-refractivity contribution in [3.05, 3.63) is 74.5 Å². The summed E-state index contributed by atoms with van der Waals surface area (Å²) in [6.07, 6.45) is 1.39. The number of amides is 1. The predicted octanol–water partition coefficient (Wildman–Crippen LogP) is 3.75. The standard InChI is InChI=1S/C16H14ClFN2O3/c17-15-10-13(20(22)23)7-8-14(15)16(21)19-9-1-2-11-3-5-12(18)6-4-11/h3-8,10H,1-2,9H2,(H,19,21). The van der Waals surface area contributed by atoms with Crippen molar-refractivity contribution in [3.8, 4) is 0 Å². The van der Waals surface area contributed by atoms with Crippen LogP contribution in [0.5, 0.6) is 0 Å². The maximum absolute atomic E-state index is 12.8. The Balaban J connectivity index is 1.85. The number of halogens is 2. The number of hydrogen-bond donors (Lipinski definition) is 1. The molecule has 0 saturated heterocycles. The summed E-state index contributed by atoms with van der Waals surface area (Å²) < 4.78 is 12.8. The zero-order chi connectivity index (χ0) is 16.8. The van der Waals surface area contributed by atoms with Crippen LogP contribution in [0.15, 0.2) is 42.5 Å². The quantitative estimate of drug-likeness (QED) is 0.496. The molecular weight excluding hydrogens is 323 g/mol. The van der Waals surface area contributed by atoms with E-state index in [1.165, 1.54) is 24.3 Å². The molecule has 0 fully saturated rings. The van der Waals surface area contributed by atoms with Crippen LogP contribution in [0, 0.1) is 15.9 Å². The molecule has 0 unspecified atom stereocenters. The van der Waals surface area contributed by atoms with Crippen molar-refractivity contribution in [2.24, 2.45) is 0 Å². The number of benzene rings is 2. The maximum atomic E-state index is 12.8. The van der Waals surface area contributed by atoms with Gasteiger partial charge in [-0.1, -0.05) is 23.7 Å². The smallest absolute Gasteiger partial charge is 0.270 e. The molecule has 7 heteroatoms. The van der Waals surface area contributed by atoms with Crippen molar-refractivity contribution in [3.63, 3.8) is 0 Å². The third-order valence-corrected chi connectivity index (χ3v) is 3.56. The van der Waals surface area contributed by atoms with Crippen LogP contribution in [0.1, 0.15) is 22.3 Å². The van der Waals surface area contributed by atoms with Crippen molar-refractivity contribution >= 4 is 23.2 Å². The fourth-order valence-corrected chi connectivity index (χ4v) is 2.30. The minimum atomic E-state index is -0.573. The second-order valence-corrected chi connectivity index (χ2v) is 5.31. The number of nitrogens with one attached hydrogen (secondary N) is 1. The highest BCUT2D eigenvalue weighted by molar-refractivity contribution is 6.34. The summed E-state index contributed by atoms with van der Waals surface area (Å²) in [5.41, 5.74) is 1.01. The van der Waals surface area contributed by atoms with Crippen LogP contribution in [0.25, 0.3) is 0 Å². The van der Waals surface area contributed by atoms with E-state index in [9.17, 15) is 19.3 Å². The van der Waals surface area contributed by atoms with E-state index in [-0.39, 0.29) is 28.0 Å². The lowest BCUT2D eigenvalue weighted by molar-refractivity contribution is -0.384. The second kappa shape index (κ2) is 7.69. The molecule has 0 bridgehead atoms. The van der Waals surface area contributed by atoms with Crippen LogP contribution in [0.2, 0.25) is 5.02 Å². The highest BCUT2D eigenvalue weighted by Crippen LogP contribution is 2.22. The van der Waals surface area contributed by atoms with E-state index in [1.54, 1.807) is 12.1 Å². The molecule has 0 atom stereocenters. The minimum absolute atomic E-state index is 0.0373. The molecule has 0 aliphatic heterocycles. The Labute approximate surface area is 137 Å². The first-order valence-electron chi connectivity index (χ1n) is 6.94. The number of carbonyl (C=O) groups is 1. The summed E-state index contributed by atoms with van der Waals surface area (Å²) in [6, 6.07) is 9.90. The molecule has 0 saturated carbocycles. The van der Waals surface area contributed by atoms with Gasteiger partial charge in [-0.3, -0.25) is 14.9 Å². The number of non-ortho nitro benzene ring substituents is 1. The van der Waals surface area contributed by atoms with E-state index in [4.69, 9.17) is 11.6 Å². The van der Waals surface area contributed by atoms with Gasteiger partial charge in [0.05, 0.1) is 15.5 Å². The Morgan fingerprint density at radius 1 is 1.22 bits per heavy atom. The van der Waals surface area contributed by atoms with Gasteiger partial charge in [0, 0.05) is 18.7 Å². The molecule has 0 radical (unpaired) electrons. The number of rotatable bonds is 6. The lowest BCUT2D eigenvalue weighted by Crippen LogP contribution is -2.25. The topological polar surface area (TPSA) is 72.2 Å². The van der Waals surface area contributed by atoms with Crippen LogP contribution >= 0.6 is 11.6 Å². The molecule has 120 valence electrons. The van der Waals surface area contributed by atoms with Gasteiger partial charge < -0.3 is 5.32 Å². The fraction of sp³-hybridized carbons (Fsp3) is 0.188. The number of nitrogens with zero attached hydrogens (tertiary/aromatic N) is 1. The van der Waals surface area contributed by atoms with Gasteiger partial charge in [0.25, 0.3) is 11.6 Å². The fourth-order valence-electron chi connectivity index (χ4n) is 2.04. The first kappa shape index (κ1) is 16.9. The van der Waals surface area contributed by atoms with E-state index in [0.717, 1.165) is 11.6 Å². The summed E-state index contributed by atoms with van der Waals surface area (Å²) in [7, 11) is 0. The third-order valence-electron chi connectivity index (χ3n) is 3.25. The summed E-state index contributed by atoms with van der Waals surface area (Å²) in [4.78, 5) is 22.0. The number of nitro benzene ring substituents is 1. The molecule has 2 aromatic rings. The Kier molecular flexibility index (Phi) is 5.65. The van der Waals surface area contributed by atoms with Crippen molar-refractivity contribution < 1.29 is 14.1 Å². The van der Waals surface area contributed by atoms with Gasteiger partial charge in [-0.15, -0.1) is 0 Å². The largest absolute Gasteiger partial charge is 0.352 e. The SMILES string of the molecule is O=C(NCCCc1ccc(F)cc1)c1ccc([N+](=O)[O-])cc1Cl. The van der Waals surface area contributed by atoms with Crippen molar-refractivity contribution in [1.29, 1.82) is 0 Å². The van der Waals surface area contributed by atoms with E-state index >= 15 is 0 Å². The van der Waals surface area contributed by atoms with E-state index in [1.807, 2.05) is 0 Å². The highest BCUT2D eigenvalue weighted by Gasteiger charge is 2.14. The van der Waals surface area contributed by atoms with Gasteiger partial charge in [0.15, 0.2) is 0 Å². The molecular formula is C16H14ClFN2O3. The number of hydrogen-bond acceptors (Lipinski definition) is 3. The van der Waals surface area contributed by atoms with Gasteiger partial charge >= 0.3 is 0 Å². The van der Waals surface area contributed by atoms with Crippen LogP contribution in [-0.4, -0.2) is 17.4 Å². The number of aryl methyl sites for hydroxylation is 1. The van der Waals surface area contributed by atoms with Gasteiger partial charge in [-0.25, -0.2) is 4.39 Å². The second-order valence-electron chi connectivity index (χ2n) is 4.91. The van der Waals surface area contributed by atoms with Gasteiger partial charge in [-0.2, -0.15) is 0 Å². The molecule has 0 aliphatic carbocycles. The third kappa shape index (κ3) is 4.75. The summed E-state index contributed by atoms with van der Waals surface area (Å²) in [6.45, 7) is 0.420. The molecule has 2 rings (SSSR count). The monoisotopic (exact) mass is 336 g/mol. The molecule has 0 aromatic heterocycles. The van der Waals surface area contributed by atoms with E-state index < -0.39 is 4.92 Å². The lowest BCUT2D eigenvalue weighted by atomic mass is 10.1. The van der Waals surface area contributed by atoms with Gasteiger partial charge in [0.1, 0.15) is 5.82 Å². The summed E-state index contributed by atoms with van der Waals surface area (Å²) in [5.74, 6) is -0.668. The van der Waals surface area contributed by atoms with Gasteiger partial charge in [0.2, 0.25) is 0 Å². The van der Waals surface area contributed by atoms with E-state index in [0.29, 0.717) is 19.4 Å². The molecule has 1 amide bonds. The number of carbonyl (C=O) groups excluding carboxylic acids is 1. The molecule has 0 aliphatic rings.